The number of aliphatic hydroxyl groups excluding tert-OH is 1. The number of hydrogen-bond donors (Lipinski definition) is 3. The maximum absolute atomic E-state index is 13.2. The first-order valence-corrected chi connectivity index (χ1v) is 10.5. The van der Waals surface area contributed by atoms with Crippen molar-refractivity contribution in [3.8, 4) is 11.1 Å². The van der Waals surface area contributed by atoms with Gasteiger partial charge in [0.2, 0.25) is 11.8 Å². The molecule has 1 aliphatic rings. The fourth-order valence-corrected chi connectivity index (χ4v) is 4.06. The minimum Gasteiger partial charge on any atom is -0.480 e. The second-order valence-corrected chi connectivity index (χ2v) is 7.96. The third kappa shape index (κ3) is 4.81. The van der Waals surface area contributed by atoms with Gasteiger partial charge in [-0.1, -0.05) is 54.6 Å². The molecule has 0 aliphatic carbocycles. The number of halogens is 1. The van der Waals surface area contributed by atoms with Crippen LogP contribution in [-0.2, 0) is 25.7 Å². The van der Waals surface area contributed by atoms with Crippen LogP contribution in [-0.4, -0.2) is 63.3 Å². The number of Topliss-reactive ketones (excluding diaryl/α,β-unsaturated/α-hetero) is 1. The molecule has 168 valence electrons. The quantitative estimate of drug-likeness (QED) is 0.406. The first kappa shape index (κ1) is 23.4. The number of likely N-dealkylation sites (tertiary alicyclic amines) is 1. The molecule has 2 amide bonds. The molecule has 1 heterocycles. The number of amides is 2. The van der Waals surface area contributed by atoms with Crippen molar-refractivity contribution in [3.63, 3.8) is 0 Å². The van der Waals surface area contributed by atoms with E-state index in [9.17, 15) is 24.3 Å². The fourth-order valence-electron chi connectivity index (χ4n) is 3.74. The van der Waals surface area contributed by atoms with E-state index in [0.29, 0.717) is 0 Å². The number of carbonyl (C=O) groups is 4. The van der Waals surface area contributed by atoms with Gasteiger partial charge in [-0.05, 0) is 16.7 Å². The highest BCUT2D eigenvalue weighted by molar-refractivity contribution is 6.22. The molecule has 32 heavy (non-hydrogen) atoms. The zero-order valence-electron chi connectivity index (χ0n) is 17.2. The Labute approximate surface area is 189 Å². The summed E-state index contributed by atoms with van der Waals surface area (Å²) in [6, 6.07) is 17.1. The number of aliphatic hydroxyl groups is 1. The molecule has 0 bridgehead atoms. The zero-order valence-corrected chi connectivity index (χ0v) is 17.9. The maximum Gasteiger partial charge on any atom is 0.322 e. The van der Waals surface area contributed by atoms with Crippen molar-refractivity contribution in [1.82, 2.24) is 10.2 Å². The second-order valence-electron chi connectivity index (χ2n) is 7.69. The lowest BCUT2D eigenvalue weighted by Crippen LogP contribution is -2.65. The molecule has 1 aliphatic heterocycles. The van der Waals surface area contributed by atoms with Crippen LogP contribution in [0.15, 0.2) is 54.6 Å². The van der Waals surface area contributed by atoms with Gasteiger partial charge >= 0.3 is 5.97 Å². The number of nitrogens with zero attached hydrogens (tertiary/aromatic N) is 1. The molecule has 2 aromatic carbocycles. The highest BCUT2D eigenvalue weighted by atomic mass is 35.5. The van der Waals surface area contributed by atoms with Gasteiger partial charge in [-0.3, -0.25) is 19.2 Å². The summed E-state index contributed by atoms with van der Waals surface area (Å²) < 4.78 is 0. The minimum atomic E-state index is -1.68. The Bertz CT molecular complexity index is 1000. The average Bonchev–Trinajstić information content (AvgIpc) is 2.80. The largest absolute Gasteiger partial charge is 0.480 e. The van der Waals surface area contributed by atoms with Crippen molar-refractivity contribution in [2.24, 2.45) is 5.92 Å². The van der Waals surface area contributed by atoms with Gasteiger partial charge in [-0.25, -0.2) is 0 Å². The molecule has 3 N–H and O–H groups in total. The molecule has 0 saturated carbocycles. The van der Waals surface area contributed by atoms with Crippen LogP contribution in [0.2, 0.25) is 0 Å². The van der Waals surface area contributed by atoms with Gasteiger partial charge in [0.25, 0.3) is 0 Å². The highest BCUT2D eigenvalue weighted by Gasteiger charge is 2.52. The summed E-state index contributed by atoms with van der Waals surface area (Å²) >= 11 is 6.08. The van der Waals surface area contributed by atoms with Gasteiger partial charge in [0.1, 0.15) is 6.54 Å². The van der Waals surface area contributed by atoms with Crippen LogP contribution in [0.3, 0.4) is 0 Å². The van der Waals surface area contributed by atoms with E-state index in [1.165, 1.54) is 4.90 Å². The van der Waals surface area contributed by atoms with Gasteiger partial charge in [-0.2, -0.15) is 0 Å². The number of ketones is 1. The monoisotopic (exact) mass is 458 g/mol. The molecular formula is C23H23ClN2O6. The second kappa shape index (κ2) is 9.93. The van der Waals surface area contributed by atoms with Gasteiger partial charge < -0.3 is 20.4 Å². The average molecular weight is 459 g/mol. The van der Waals surface area contributed by atoms with Crippen LogP contribution in [0.1, 0.15) is 12.0 Å². The van der Waals surface area contributed by atoms with Crippen LogP contribution >= 0.6 is 11.6 Å². The Kier molecular flexibility index (Phi) is 7.27. The normalized spacial score (nSPS) is 20.8. The molecule has 2 aromatic rings. The summed E-state index contributed by atoms with van der Waals surface area (Å²) in [4.78, 5) is 50.1. The lowest BCUT2D eigenvalue weighted by molar-refractivity contribution is -0.161. The lowest BCUT2D eigenvalue weighted by atomic mass is 9.81. The van der Waals surface area contributed by atoms with Crippen molar-refractivity contribution in [2.75, 3.05) is 19.0 Å². The molecule has 8 nitrogen and oxygen atoms in total. The van der Waals surface area contributed by atoms with Crippen LogP contribution in [0.4, 0.5) is 0 Å². The van der Waals surface area contributed by atoms with Crippen LogP contribution in [0.25, 0.3) is 11.1 Å². The number of carbonyl (C=O) groups excluding carboxylic acids is 3. The van der Waals surface area contributed by atoms with E-state index in [1.54, 1.807) is 0 Å². The Balaban J connectivity index is 1.86. The number of rotatable bonds is 8. The molecule has 3 rings (SSSR count). The summed E-state index contributed by atoms with van der Waals surface area (Å²) in [6.07, 6.45) is -0.313. The van der Waals surface area contributed by atoms with Crippen molar-refractivity contribution in [2.45, 2.75) is 18.5 Å². The molecule has 9 heteroatoms. The zero-order chi connectivity index (χ0) is 23.3. The van der Waals surface area contributed by atoms with Crippen LogP contribution in [0, 0.1) is 5.92 Å². The Hall–Kier alpha value is -3.23. The van der Waals surface area contributed by atoms with Crippen molar-refractivity contribution >= 4 is 35.2 Å². The first-order chi connectivity index (χ1) is 15.3. The number of carboxylic acids is 1. The Morgan fingerprint density at radius 1 is 1.06 bits per heavy atom. The molecule has 1 fully saturated rings. The topological polar surface area (TPSA) is 124 Å². The molecular weight excluding hydrogens is 436 g/mol. The third-order valence-corrected chi connectivity index (χ3v) is 6.03. The predicted molar refractivity (Wildman–Crippen MR) is 117 cm³/mol. The van der Waals surface area contributed by atoms with E-state index in [1.807, 2.05) is 54.6 Å². The smallest absolute Gasteiger partial charge is 0.322 e. The number of hydrogen-bond acceptors (Lipinski definition) is 5. The van der Waals surface area contributed by atoms with Gasteiger partial charge in [-0.15, -0.1) is 11.6 Å². The van der Waals surface area contributed by atoms with E-state index in [0.717, 1.165) is 16.7 Å². The van der Waals surface area contributed by atoms with E-state index < -0.39 is 48.2 Å². The van der Waals surface area contributed by atoms with Crippen molar-refractivity contribution in [3.05, 3.63) is 60.2 Å². The fraction of sp³-hybridized carbons (Fsp3) is 0.304. The molecule has 2 unspecified atom stereocenters. The van der Waals surface area contributed by atoms with Crippen molar-refractivity contribution < 1.29 is 29.4 Å². The molecule has 0 aromatic heterocycles. The lowest BCUT2D eigenvalue weighted by Gasteiger charge is -2.46. The molecule has 0 radical (unpaired) electrons. The Morgan fingerprint density at radius 3 is 2.25 bits per heavy atom. The van der Waals surface area contributed by atoms with E-state index in [4.69, 9.17) is 16.7 Å². The van der Waals surface area contributed by atoms with E-state index in [2.05, 4.69) is 5.32 Å². The molecule has 0 spiro atoms. The molecule has 2 atom stereocenters. The van der Waals surface area contributed by atoms with E-state index >= 15 is 0 Å². The van der Waals surface area contributed by atoms with Crippen molar-refractivity contribution in [1.29, 1.82) is 0 Å². The van der Waals surface area contributed by atoms with Crippen LogP contribution in [0.5, 0.6) is 0 Å². The summed E-state index contributed by atoms with van der Waals surface area (Å²) in [5, 5.41) is 20.9. The summed E-state index contributed by atoms with van der Waals surface area (Å²) in [5.74, 6) is -5.68. The third-order valence-electron chi connectivity index (χ3n) is 5.53. The van der Waals surface area contributed by atoms with E-state index in [-0.39, 0.29) is 18.8 Å². The summed E-state index contributed by atoms with van der Waals surface area (Å²) in [6.45, 7) is -1.24. The van der Waals surface area contributed by atoms with Gasteiger partial charge in [0.05, 0.1) is 12.1 Å². The standard InChI is InChI=1S/C23H23ClN2O6/c24-13-23(14-27)10-18(28)20(21(31)25-11-19(29)30)22(32)26(23)12-15-6-8-17(9-7-15)16-4-2-1-3-5-16/h1-9,20,27H,10-14H2,(H,25,31)(H,29,30). The number of alkyl halides is 1. The number of benzene rings is 2. The number of piperidine rings is 1. The maximum atomic E-state index is 13.2. The molecule has 1 saturated heterocycles. The first-order valence-electron chi connectivity index (χ1n) is 9.96. The number of aliphatic carboxylic acids is 1. The Morgan fingerprint density at radius 2 is 1.69 bits per heavy atom. The van der Waals surface area contributed by atoms with Crippen LogP contribution < -0.4 is 5.32 Å². The minimum absolute atomic E-state index is 0.0250. The number of carboxylic acid groups (broad SMARTS) is 1. The van der Waals surface area contributed by atoms with Gasteiger partial charge in [0, 0.05) is 18.8 Å². The number of nitrogens with one attached hydrogen (secondary N) is 1. The predicted octanol–water partition coefficient (Wildman–Crippen LogP) is 1.44. The summed E-state index contributed by atoms with van der Waals surface area (Å²) in [5.41, 5.74) is 1.38. The van der Waals surface area contributed by atoms with Gasteiger partial charge in [0.15, 0.2) is 11.7 Å². The highest BCUT2D eigenvalue weighted by Crippen LogP contribution is 2.33. The summed E-state index contributed by atoms with van der Waals surface area (Å²) in [7, 11) is 0. The SMILES string of the molecule is O=C(O)CNC(=O)C1C(=O)CC(CO)(CCl)N(Cc2ccc(-c3ccccc3)cc2)C1=O.